The van der Waals surface area contributed by atoms with E-state index >= 15 is 0 Å². The molecule has 5 nitrogen and oxygen atoms in total. The van der Waals surface area contributed by atoms with Crippen LogP contribution in [-0.2, 0) is 10.3 Å². The Kier molecular flexibility index (Phi) is 4.12. The van der Waals surface area contributed by atoms with Crippen LogP contribution >= 0.6 is 0 Å². The first kappa shape index (κ1) is 15.8. The molecule has 1 aliphatic heterocycles. The lowest BCUT2D eigenvalue weighted by Crippen LogP contribution is -2.46. The molecule has 1 aromatic carbocycles. The molecule has 2 unspecified atom stereocenters. The molecular formula is C19H26N2O3. The van der Waals surface area contributed by atoms with Crippen LogP contribution in [0.5, 0.6) is 11.5 Å². The summed E-state index contributed by atoms with van der Waals surface area (Å²) in [6.45, 7) is 1.17. The Morgan fingerprint density at radius 2 is 1.88 bits per heavy atom. The Morgan fingerprint density at radius 3 is 2.58 bits per heavy atom. The highest BCUT2D eigenvalue weighted by Crippen LogP contribution is 2.43. The normalized spacial score (nSPS) is 27.9. The van der Waals surface area contributed by atoms with Crippen molar-refractivity contribution in [1.82, 2.24) is 5.32 Å². The van der Waals surface area contributed by atoms with Crippen LogP contribution in [0.15, 0.2) is 18.2 Å². The van der Waals surface area contributed by atoms with E-state index in [0.29, 0.717) is 13.2 Å². The molecule has 0 radical (unpaired) electrons. The van der Waals surface area contributed by atoms with Crippen LogP contribution in [0.1, 0.15) is 50.5 Å². The number of carbonyl (C=O) groups is 1. The molecule has 0 aromatic heterocycles. The zero-order valence-electron chi connectivity index (χ0n) is 14.1. The van der Waals surface area contributed by atoms with Crippen LogP contribution in [0, 0.1) is 5.92 Å². The zero-order chi connectivity index (χ0) is 16.6. The number of carbonyl (C=O) groups excluding carboxylic acids is 1. The Hall–Kier alpha value is -1.75. The predicted molar refractivity (Wildman–Crippen MR) is 91.0 cm³/mol. The molecule has 0 saturated heterocycles. The van der Waals surface area contributed by atoms with Gasteiger partial charge in [-0.25, -0.2) is 0 Å². The minimum atomic E-state index is -0.264. The first-order valence-corrected chi connectivity index (χ1v) is 9.14. The second-order valence-electron chi connectivity index (χ2n) is 7.41. The topological polar surface area (TPSA) is 73.6 Å². The highest BCUT2D eigenvalue weighted by Gasteiger charge is 2.40. The van der Waals surface area contributed by atoms with Crippen LogP contribution in [0.25, 0.3) is 0 Å². The van der Waals surface area contributed by atoms with Gasteiger partial charge in [-0.1, -0.05) is 18.9 Å². The number of ether oxygens (including phenoxy) is 2. The molecule has 1 amide bonds. The van der Waals surface area contributed by atoms with Gasteiger partial charge in [0.1, 0.15) is 13.2 Å². The van der Waals surface area contributed by atoms with Gasteiger partial charge in [0.05, 0.1) is 5.54 Å². The van der Waals surface area contributed by atoms with Crippen molar-refractivity contribution in [2.24, 2.45) is 11.7 Å². The summed E-state index contributed by atoms with van der Waals surface area (Å²) >= 11 is 0. The van der Waals surface area contributed by atoms with Crippen LogP contribution in [-0.4, -0.2) is 25.2 Å². The number of amides is 1. The summed E-state index contributed by atoms with van der Waals surface area (Å²) in [4.78, 5) is 12.8. The smallest absolute Gasteiger partial charge is 0.223 e. The quantitative estimate of drug-likeness (QED) is 0.893. The van der Waals surface area contributed by atoms with Crippen molar-refractivity contribution in [1.29, 1.82) is 0 Å². The Balaban J connectivity index is 1.58. The molecule has 4 rings (SSSR count). The fourth-order valence-electron chi connectivity index (χ4n) is 4.40. The van der Waals surface area contributed by atoms with E-state index in [1.807, 2.05) is 6.07 Å². The standard InChI is InChI=1S/C19H26N2O3/c20-15-5-3-13(11-15)18(22)21-19(7-1-2-8-19)14-4-6-16-17(12-14)24-10-9-23-16/h4,6,12-13,15H,1-3,5,7-11,20H2,(H,21,22). The Morgan fingerprint density at radius 1 is 1.12 bits per heavy atom. The molecule has 1 aromatic rings. The maximum atomic E-state index is 12.8. The van der Waals surface area contributed by atoms with Crippen molar-refractivity contribution >= 4 is 5.91 Å². The lowest BCUT2D eigenvalue weighted by molar-refractivity contribution is -0.127. The number of fused-ring (bicyclic) bond motifs is 1. The molecule has 5 heteroatoms. The van der Waals surface area contributed by atoms with E-state index in [0.717, 1.165) is 62.0 Å². The van der Waals surface area contributed by atoms with Crippen molar-refractivity contribution in [2.45, 2.75) is 56.5 Å². The van der Waals surface area contributed by atoms with E-state index in [-0.39, 0.29) is 23.4 Å². The molecule has 1 heterocycles. The molecule has 0 bridgehead atoms. The fraction of sp³-hybridized carbons (Fsp3) is 0.632. The van der Waals surface area contributed by atoms with Crippen LogP contribution in [0.2, 0.25) is 0 Å². The number of rotatable bonds is 3. The lowest BCUT2D eigenvalue weighted by atomic mass is 9.87. The highest BCUT2D eigenvalue weighted by molar-refractivity contribution is 5.80. The van der Waals surface area contributed by atoms with E-state index < -0.39 is 0 Å². The summed E-state index contributed by atoms with van der Waals surface area (Å²) in [5, 5.41) is 3.39. The summed E-state index contributed by atoms with van der Waals surface area (Å²) in [5.41, 5.74) is 6.86. The summed E-state index contributed by atoms with van der Waals surface area (Å²) in [7, 11) is 0. The van der Waals surface area contributed by atoms with Crippen molar-refractivity contribution in [3.8, 4) is 11.5 Å². The molecular weight excluding hydrogens is 304 g/mol. The van der Waals surface area contributed by atoms with Crippen molar-refractivity contribution in [3.63, 3.8) is 0 Å². The summed E-state index contributed by atoms with van der Waals surface area (Å²) < 4.78 is 11.4. The van der Waals surface area contributed by atoms with Gasteiger partial charge in [0.15, 0.2) is 11.5 Å². The molecule has 3 N–H and O–H groups in total. The van der Waals surface area contributed by atoms with Crippen molar-refractivity contribution < 1.29 is 14.3 Å². The molecule has 2 fully saturated rings. The SMILES string of the molecule is NC1CCC(C(=O)NC2(c3ccc4c(c3)OCCO4)CCCC2)C1. The maximum absolute atomic E-state index is 12.8. The first-order valence-electron chi connectivity index (χ1n) is 9.14. The largest absolute Gasteiger partial charge is 0.486 e. The molecule has 2 atom stereocenters. The van der Waals surface area contributed by atoms with Gasteiger partial charge in [0.2, 0.25) is 5.91 Å². The summed E-state index contributed by atoms with van der Waals surface area (Å²) in [6, 6.07) is 6.29. The second-order valence-corrected chi connectivity index (χ2v) is 7.41. The summed E-state index contributed by atoms with van der Waals surface area (Å²) in [5.74, 6) is 1.82. The van der Waals surface area contributed by atoms with Crippen molar-refractivity contribution in [3.05, 3.63) is 23.8 Å². The van der Waals surface area contributed by atoms with E-state index in [2.05, 4.69) is 17.4 Å². The lowest BCUT2D eigenvalue weighted by Gasteiger charge is -2.33. The van der Waals surface area contributed by atoms with E-state index in [1.54, 1.807) is 0 Å². The van der Waals surface area contributed by atoms with Crippen LogP contribution in [0.4, 0.5) is 0 Å². The number of hydrogen-bond donors (Lipinski definition) is 2. The van der Waals surface area contributed by atoms with Crippen LogP contribution < -0.4 is 20.5 Å². The number of benzene rings is 1. The van der Waals surface area contributed by atoms with Gasteiger partial charge in [0, 0.05) is 12.0 Å². The average Bonchev–Trinajstić information content (AvgIpc) is 3.24. The average molecular weight is 330 g/mol. The van der Waals surface area contributed by atoms with Gasteiger partial charge < -0.3 is 20.5 Å². The zero-order valence-corrected chi connectivity index (χ0v) is 14.1. The van der Waals surface area contributed by atoms with E-state index in [9.17, 15) is 4.79 Å². The maximum Gasteiger partial charge on any atom is 0.223 e. The highest BCUT2D eigenvalue weighted by atomic mass is 16.6. The monoisotopic (exact) mass is 330 g/mol. The van der Waals surface area contributed by atoms with Gasteiger partial charge in [-0.2, -0.15) is 0 Å². The van der Waals surface area contributed by atoms with Gasteiger partial charge in [-0.15, -0.1) is 0 Å². The van der Waals surface area contributed by atoms with Crippen molar-refractivity contribution in [2.75, 3.05) is 13.2 Å². The van der Waals surface area contributed by atoms with Gasteiger partial charge in [0.25, 0.3) is 0 Å². The number of hydrogen-bond acceptors (Lipinski definition) is 4. The molecule has 3 aliphatic rings. The minimum Gasteiger partial charge on any atom is -0.486 e. The third-order valence-electron chi connectivity index (χ3n) is 5.76. The molecule has 2 aliphatic carbocycles. The Labute approximate surface area is 142 Å². The second kappa shape index (κ2) is 6.28. The third kappa shape index (κ3) is 2.86. The number of nitrogens with two attached hydrogens (primary N) is 1. The number of nitrogens with one attached hydrogen (secondary N) is 1. The predicted octanol–water partition coefficient (Wildman–Crippen LogP) is 2.47. The first-order chi connectivity index (χ1) is 11.7. The molecule has 24 heavy (non-hydrogen) atoms. The minimum absolute atomic E-state index is 0.0645. The van der Waals surface area contributed by atoms with Gasteiger partial charge >= 0.3 is 0 Å². The molecule has 2 saturated carbocycles. The van der Waals surface area contributed by atoms with Gasteiger partial charge in [-0.3, -0.25) is 4.79 Å². The molecule has 130 valence electrons. The summed E-state index contributed by atoms with van der Waals surface area (Å²) in [6.07, 6.45) is 6.91. The third-order valence-corrected chi connectivity index (χ3v) is 5.76. The Bertz CT molecular complexity index is 625. The van der Waals surface area contributed by atoms with E-state index in [4.69, 9.17) is 15.2 Å². The van der Waals surface area contributed by atoms with Crippen LogP contribution in [0.3, 0.4) is 0 Å². The van der Waals surface area contributed by atoms with Gasteiger partial charge in [-0.05, 0) is 49.8 Å². The van der Waals surface area contributed by atoms with E-state index in [1.165, 1.54) is 0 Å². The fourth-order valence-corrected chi connectivity index (χ4v) is 4.40. The molecule has 0 spiro atoms.